The van der Waals surface area contributed by atoms with Crippen molar-refractivity contribution in [2.45, 2.75) is 6.92 Å². The zero-order chi connectivity index (χ0) is 11.5. The summed E-state index contributed by atoms with van der Waals surface area (Å²) in [6, 6.07) is 5.83. The predicted molar refractivity (Wildman–Crippen MR) is 60.9 cm³/mol. The van der Waals surface area contributed by atoms with Crippen LogP contribution in [0.25, 0.3) is 0 Å². The lowest BCUT2D eigenvalue weighted by Gasteiger charge is -2.29. The molecule has 0 unspecified atom stereocenters. The molecule has 2 rings (SSSR count). The highest BCUT2D eigenvalue weighted by Crippen LogP contribution is 2.32. The minimum absolute atomic E-state index is 0.0200. The van der Waals surface area contributed by atoms with Crippen molar-refractivity contribution in [1.82, 2.24) is 0 Å². The first-order valence-electron chi connectivity index (χ1n) is 5.25. The highest BCUT2D eigenvalue weighted by atomic mass is 16.5. The second-order valence-electron chi connectivity index (χ2n) is 3.80. The first-order valence-corrected chi connectivity index (χ1v) is 5.25. The molecule has 4 nitrogen and oxygen atoms in total. The monoisotopic (exact) mass is 221 g/mol. The lowest BCUT2D eigenvalue weighted by atomic mass is 10.1. The van der Waals surface area contributed by atoms with Crippen molar-refractivity contribution in [1.29, 1.82) is 0 Å². The second-order valence-corrected chi connectivity index (χ2v) is 3.80. The van der Waals surface area contributed by atoms with Crippen LogP contribution >= 0.6 is 0 Å². The average Bonchev–Trinajstić information content (AvgIpc) is 2.28. The first-order chi connectivity index (χ1) is 7.72. The van der Waals surface area contributed by atoms with Gasteiger partial charge in [-0.3, -0.25) is 4.79 Å². The van der Waals surface area contributed by atoms with Crippen LogP contribution in [0.1, 0.15) is 5.56 Å². The number of methoxy groups -OCH3 is 1. The maximum Gasteiger partial charge on any atom is 0.265 e. The average molecular weight is 221 g/mol. The molecule has 16 heavy (non-hydrogen) atoms. The number of benzene rings is 1. The summed E-state index contributed by atoms with van der Waals surface area (Å²) in [5.74, 6) is 0.754. The highest BCUT2D eigenvalue weighted by molar-refractivity contribution is 5.97. The minimum Gasteiger partial charge on any atom is -0.482 e. The number of fused-ring (bicyclic) bond motifs is 1. The maximum absolute atomic E-state index is 11.7. The van der Waals surface area contributed by atoms with Gasteiger partial charge in [-0.25, -0.2) is 0 Å². The molecule has 0 spiro atoms. The molecule has 4 heteroatoms. The summed E-state index contributed by atoms with van der Waals surface area (Å²) in [5.41, 5.74) is 1.96. The SMILES string of the molecule is COCCN1C(=O)COc2cc(C)ccc21. The molecular weight excluding hydrogens is 206 g/mol. The van der Waals surface area contributed by atoms with E-state index in [1.165, 1.54) is 0 Å². The fourth-order valence-electron chi connectivity index (χ4n) is 1.74. The van der Waals surface area contributed by atoms with Gasteiger partial charge >= 0.3 is 0 Å². The zero-order valence-corrected chi connectivity index (χ0v) is 9.53. The summed E-state index contributed by atoms with van der Waals surface area (Å²) in [7, 11) is 1.63. The number of anilines is 1. The third-order valence-electron chi connectivity index (χ3n) is 2.58. The molecule has 1 aromatic carbocycles. The van der Waals surface area contributed by atoms with Crippen molar-refractivity contribution in [2.24, 2.45) is 0 Å². The van der Waals surface area contributed by atoms with E-state index < -0.39 is 0 Å². The highest BCUT2D eigenvalue weighted by Gasteiger charge is 2.24. The van der Waals surface area contributed by atoms with Crippen molar-refractivity contribution in [3.05, 3.63) is 23.8 Å². The van der Waals surface area contributed by atoms with Gasteiger partial charge in [0.05, 0.1) is 12.3 Å². The van der Waals surface area contributed by atoms with Gasteiger partial charge in [0.1, 0.15) is 5.75 Å². The van der Waals surface area contributed by atoms with Gasteiger partial charge in [0, 0.05) is 13.7 Å². The molecule has 0 aromatic heterocycles. The number of carbonyl (C=O) groups is 1. The molecule has 0 atom stereocenters. The molecular formula is C12H15NO3. The molecule has 0 N–H and O–H groups in total. The van der Waals surface area contributed by atoms with Gasteiger partial charge in [-0.2, -0.15) is 0 Å². The van der Waals surface area contributed by atoms with E-state index >= 15 is 0 Å². The van der Waals surface area contributed by atoms with E-state index in [9.17, 15) is 4.79 Å². The second kappa shape index (κ2) is 4.53. The molecule has 1 aliphatic heterocycles. The Hall–Kier alpha value is -1.55. The number of rotatable bonds is 3. The molecule has 0 saturated carbocycles. The quantitative estimate of drug-likeness (QED) is 0.773. The molecule has 1 amide bonds. The summed E-state index contributed by atoms with van der Waals surface area (Å²) in [6.45, 7) is 3.20. The molecule has 1 aromatic rings. The van der Waals surface area contributed by atoms with Gasteiger partial charge < -0.3 is 14.4 Å². The van der Waals surface area contributed by atoms with Crippen LogP contribution < -0.4 is 9.64 Å². The summed E-state index contributed by atoms with van der Waals surface area (Å²) >= 11 is 0. The van der Waals surface area contributed by atoms with E-state index in [4.69, 9.17) is 9.47 Å². The first kappa shape index (κ1) is 11.0. The molecule has 86 valence electrons. The fourth-order valence-corrected chi connectivity index (χ4v) is 1.74. The number of carbonyl (C=O) groups excluding carboxylic acids is 1. The van der Waals surface area contributed by atoms with Crippen LogP contribution in [0.15, 0.2) is 18.2 Å². The van der Waals surface area contributed by atoms with Crippen molar-refractivity contribution in [2.75, 3.05) is 31.8 Å². The summed E-state index contributed by atoms with van der Waals surface area (Å²) < 4.78 is 10.4. The Labute approximate surface area is 94.8 Å². The van der Waals surface area contributed by atoms with Gasteiger partial charge in [-0.05, 0) is 24.6 Å². The summed E-state index contributed by atoms with van der Waals surface area (Å²) in [6.07, 6.45) is 0. The Balaban J connectivity index is 2.29. The lowest BCUT2D eigenvalue weighted by Crippen LogP contribution is -2.40. The number of hydrogen-bond acceptors (Lipinski definition) is 3. The van der Waals surface area contributed by atoms with E-state index in [2.05, 4.69) is 0 Å². The molecule has 0 bridgehead atoms. The summed E-state index contributed by atoms with van der Waals surface area (Å²) in [4.78, 5) is 13.4. The number of nitrogens with zero attached hydrogens (tertiary/aromatic N) is 1. The van der Waals surface area contributed by atoms with E-state index in [1.807, 2.05) is 25.1 Å². The number of aryl methyl sites for hydroxylation is 1. The smallest absolute Gasteiger partial charge is 0.265 e. The molecule has 0 aliphatic carbocycles. The van der Waals surface area contributed by atoms with Crippen LogP contribution in [0.3, 0.4) is 0 Å². The van der Waals surface area contributed by atoms with E-state index in [0.29, 0.717) is 13.2 Å². The number of amides is 1. The normalized spacial score (nSPS) is 14.6. The maximum atomic E-state index is 11.7. The third kappa shape index (κ3) is 2.02. The number of ether oxygens (including phenoxy) is 2. The van der Waals surface area contributed by atoms with E-state index in [0.717, 1.165) is 17.0 Å². The van der Waals surface area contributed by atoms with Crippen LogP contribution in [0, 0.1) is 6.92 Å². The largest absolute Gasteiger partial charge is 0.482 e. The van der Waals surface area contributed by atoms with Crippen molar-refractivity contribution in [3.63, 3.8) is 0 Å². The topological polar surface area (TPSA) is 38.8 Å². The molecule has 1 aliphatic rings. The molecule has 0 saturated heterocycles. The Kier molecular flexibility index (Phi) is 3.10. The number of hydrogen-bond donors (Lipinski definition) is 0. The van der Waals surface area contributed by atoms with Crippen LogP contribution in [-0.2, 0) is 9.53 Å². The van der Waals surface area contributed by atoms with Crippen LogP contribution in [0.5, 0.6) is 5.75 Å². The summed E-state index contributed by atoms with van der Waals surface area (Å²) in [5, 5.41) is 0. The van der Waals surface area contributed by atoms with E-state index in [-0.39, 0.29) is 12.5 Å². The Morgan fingerprint density at radius 1 is 1.50 bits per heavy atom. The van der Waals surface area contributed by atoms with Crippen LogP contribution in [-0.4, -0.2) is 32.8 Å². The molecule has 0 radical (unpaired) electrons. The molecule has 0 fully saturated rings. The Bertz CT molecular complexity index is 403. The Morgan fingerprint density at radius 3 is 3.06 bits per heavy atom. The predicted octanol–water partition coefficient (Wildman–Crippen LogP) is 1.37. The van der Waals surface area contributed by atoms with E-state index in [1.54, 1.807) is 12.0 Å². The van der Waals surface area contributed by atoms with Gasteiger partial charge in [0.15, 0.2) is 6.61 Å². The van der Waals surface area contributed by atoms with Gasteiger partial charge in [-0.15, -0.1) is 0 Å². The van der Waals surface area contributed by atoms with Gasteiger partial charge in [-0.1, -0.05) is 6.07 Å². The van der Waals surface area contributed by atoms with Crippen molar-refractivity contribution >= 4 is 11.6 Å². The minimum atomic E-state index is -0.0200. The molecule has 1 heterocycles. The fraction of sp³-hybridized carbons (Fsp3) is 0.417. The third-order valence-corrected chi connectivity index (χ3v) is 2.58. The van der Waals surface area contributed by atoms with Gasteiger partial charge in [0.2, 0.25) is 0 Å². The van der Waals surface area contributed by atoms with Crippen molar-refractivity contribution < 1.29 is 14.3 Å². The lowest BCUT2D eigenvalue weighted by molar-refractivity contribution is -0.121. The van der Waals surface area contributed by atoms with Crippen LogP contribution in [0.4, 0.5) is 5.69 Å². The van der Waals surface area contributed by atoms with Crippen molar-refractivity contribution in [3.8, 4) is 5.75 Å². The Morgan fingerprint density at radius 2 is 2.31 bits per heavy atom. The standard InChI is InChI=1S/C12H15NO3/c1-9-3-4-10-11(7-9)16-8-12(14)13(10)5-6-15-2/h3-4,7H,5-6,8H2,1-2H3. The van der Waals surface area contributed by atoms with Gasteiger partial charge in [0.25, 0.3) is 5.91 Å². The van der Waals surface area contributed by atoms with Crippen LogP contribution in [0.2, 0.25) is 0 Å². The zero-order valence-electron chi connectivity index (χ0n) is 9.53.